The second kappa shape index (κ2) is 6.39. The van der Waals surface area contributed by atoms with E-state index in [2.05, 4.69) is 50.0 Å². The predicted octanol–water partition coefficient (Wildman–Crippen LogP) is 3.57. The van der Waals surface area contributed by atoms with Gasteiger partial charge in [0.2, 0.25) is 0 Å². The quantitative estimate of drug-likeness (QED) is 0.607. The zero-order valence-electron chi connectivity index (χ0n) is 14.3. The van der Waals surface area contributed by atoms with Crippen LogP contribution in [0.15, 0.2) is 61.2 Å². The molecule has 6 heteroatoms. The van der Waals surface area contributed by atoms with Gasteiger partial charge in [-0.3, -0.25) is 5.10 Å². The van der Waals surface area contributed by atoms with Gasteiger partial charge in [0.15, 0.2) is 0 Å². The van der Waals surface area contributed by atoms with Gasteiger partial charge >= 0.3 is 0 Å². The minimum Gasteiger partial charge on any atom is -0.328 e. The third-order valence-corrected chi connectivity index (χ3v) is 4.28. The first-order valence-electron chi connectivity index (χ1n) is 8.35. The number of nitrogens with zero attached hydrogens (tertiary/aromatic N) is 5. The van der Waals surface area contributed by atoms with Crippen molar-refractivity contribution in [1.82, 2.24) is 29.5 Å². The lowest BCUT2D eigenvalue weighted by Gasteiger charge is -2.16. The summed E-state index contributed by atoms with van der Waals surface area (Å²) in [5.74, 6) is 0.953. The highest BCUT2D eigenvalue weighted by Crippen LogP contribution is 2.24. The Morgan fingerprint density at radius 1 is 1.12 bits per heavy atom. The van der Waals surface area contributed by atoms with E-state index in [1.54, 1.807) is 6.20 Å². The SMILES string of the molecule is Cc1cc(C[C@H](C)n2ccnc2-c2cccc(-n3cccn3)c2)n[nH]1. The van der Waals surface area contributed by atoms with E-state index in [0.29, 0.717) is 0 Å². The van der Waals surface area contributed by atoms with Crippen molar-refractivity contribution in [3.05, 3.63) is 72.6 Å². The van der Waals surface area contributed by atoms with E-state index in [0.717, 1.165) is 34.9 Å². The third-order valence-electron chi connectivity index (χ3n) is 4.28. The number of rotatable bonds is 5. The molecule has 1 atom stereocenters. The van der Waals surface area contributed by atoms with Crippen molar-refractivity contribution >= 4 is 0 Å². The minimum absolute atomic E-state index is 0.258. The molecule has 6 nitrogen and oxygen atoms in total. The summed E-state index contributed by atoms with van der Waals surface area (Å²) in [7, 11) is 0. The van der Waals surface area contributed by atoms with Crippen LogP contribution in [-0.2, 0) is 6.42 Å². The van der Waals surface area contributed by atoms with Crippen LogP contribution in [0.5, 0.6) is 0 Å². The molecule has 0 spiro atoms. The Morgan fingerprint density at radius 3 is 2.80 bits per heavy atom. The standard InChI is InChI=1S/C19H20N6/c1-14-11-17(23-22-14)12-15(2)24-10-8-20-19(24)16-5-3-6-18(13-16)25-9-4-7-21-25/h3-11,13,15H,12H2,1-2H3,(H,22,23)/t15-/m0/s1. The fourth-order valence-electron chi connectivity index (χ4n) is 3.08. The zero-order valence-corrected chi connectivity index (χ0v) is 14.3. The minimum atomic E-state index is 0.258. The molecular weight excluding hydrogens is 312 g/mol. The van der Waals surface area contributed by atoms with Crippen LogP contribution >= 0.6 is 0 Å². The Morgan fingerprint density at radius 2 is 2.04 bits per heavy atom. The van der Waals surface area contributed by atoms with Crippen molar-refractivity contribution in [3.63, 3.8) is 0 Å². The lowest BCUT2D eigenvalue weighted by molar-refractivity contribution is 0.543. The van der Waals surface area contributed by atoms with E-state index in [-0.39, 0.29) is 6.04 Å². The predicted molar refractivity (Wildman–Crippen MR) is 96.5 cm³/mol. The molecule has 0 radical (unpaired) electrons. The van der Waals surface area contributed by atoms with Gasteiger partial charge in [-0.2, -0.15) is 10.2 Å². The number of hydrogen-bond donors (Lipinski definition) is 1. The normalized spacial score (nSPS) is 12.4. The molecule has 25 heavy (non-hydrogen) atoms. The molecule has 0 bridgehead atoms. The Balaban J connectivity index is 1.64. The smallest absolute Gasteiger partial charge is 0.140 e. The largest absolute Gasteiger partial charge is 0.328 e. The molecule has 1 N–H and O–H groups in total. The van der Waals surface area contributed by atoms with E-state index < -0.39 is 0 Å². The van der Waals surface area contributed by atoms with Crippen molar-refractivity contribution in [2.24, 2.45) is 0 Å². The van der Waals surface area contributed by atoms with Crippen LogP contribution in [-0.4, -0.2) is 29.5 Å². The number of aryl methyl sites for hydroxylation is 1. The number of benzene rings is 1. The van der Waals surface area contributed by atoms with Crippen molar-refractivity contribution < 1.29 is 0 Å². The maximum absolute atomic E-state index is 4.58. The van der Waals surface area contributed by atoms with Gasteiger partial charge in [-0.1, -0.05) is 12.1 Å². The Hall–Kier alpha value is -3.15. The summed E-state index contributed by atoms with van der Waals surface area (Å²) in [4.78, 5) is 4.58. The van der Waals surface area contributed by atoms with Gasteiger partial charge < -0.3 is 4.57 Å². The molecule has 4 aromatic rings. The summed E-state index contributed by atoms with van der Waals surface area (Å²) in [5, 5.41) is 11.7. The van der Waals surface area contributed by atoms with Gasteiger partial charge in [-0.15, -0.1) is 0 Å². The topological polar surface area (TPSA) is 64.3 Å². The summed E-state index contributed by atoms with van der Waals surface area (Å²) in [6.07, 6.45) is 8.45. The van der Waals surface area contributed by atoms with E-state index in [1.165, 1.54) is 0 Å². The Kier molecular flexibility index (Phi) is 3.93. The van der Waals surface area contributed by atoms with Crippen LogP contribution in [0.1, 0.15) is 24.4 Å². The number of imidazole rings is 1. The second-order valence-electron chi connectivity index (χ2n) is 6.25. The summed E-state index contributed by atoms with van der Waals surface area (Å²) in [6, 6.07) is 12.5. The molecule has 1 aromatic carbocycles. The highest BCUT2D eigenvalue weighted by atomic mass is 15.3. The molecule has 0 fully saturated rings. The molecule has 0 aliphatic carbocycles. The van der Waals surface area contributed by atoms with E-state index in [9.17, 15) is 0 Å². The monoisotopic (exact) mass is 332 g/mol. The lowest BCUT2D eigenvalue weighted by atomic mass is 10.1. The van der Waals surface area contributed by atoms with Gasteiger partial charge in [0.05, 0.1) is 11.4 Å². The highest BCUT2D eigenvalue weighted by Gasteiger charge is 2.14. The van der Waals surface area contributed by atoms with E-state index >= 15 is 0 Å². The average Bonchev–Trinajstić information content (AvgIpc) is 3.37. The van der Waals surface area contributed by atoms with Gasteiger partial charge in [-0.05, 0) is 38.1 Å². The summed E-state index contributed by atoms with van der Waals surface area (Å²) < 4.78 is 4.05. The molecule has 3 aromatic heterocycles. The van der Waals surface area contributed by atoms with Gasteiger partial charge in [0.25, 0.3) is 0 Å². The molecular formula is C19H20N6. The number of H-pyrrole nitrogens is 1. The maximum atomic E-state index is 4.58. The molecule has 4 rings (SSSR count). The van der Waals surface area contributed by atoms with Crippen molar-refractivity contribution in [2.75, 3.05) is 0 Å². The summed E-state index contributed by atoms with van der Waals surface area (Å²) in [6.45, 7) is 4.21. The fourth-order valence-corrected chi connectivity index (χ4v) is 3.08. The van der Waals surface area contributed by atoms with Gasteiger partial charge in [-0.25, -0.2) is 9.67 Å². The summed E-state index contributed by atoms with van der Waals surface area (Å²) in [5.41, 5.74) is 4.24. The maximum Gasteiger partial charge on any atom is 0.140 e. The summed E-state index contributed by atoms with van der Waals surface area (Å²) >= 11 is 0. The average molecular weight is 332 g/mol. The van der Waals surface area contributed by atoms with Crippen molar-refractivity contribution in [1.29, 1.82) is 0 Å². The molecule has 0 aliphatic heterocycles. The fraction of sp³-hybridized carbons (Fsp3) is 0.211. The van der Waals surface area contributed by atoms with Crippen LogP contribution in [0.3, 0.4) is 0 Å². The van der Waals surface area contributed by atoms with E-state index in [4.69, 9.17) is 0 Å². The highest BCUT2D eigenvalue weighted by molar-refractivity contribution is 5.59. The van der Waals surface area contributed by atoms with Crippen LogP contribution < -0.4 is 0 Å². The van der Waals surface area contributed by atoms with Crippen LogP contribution in [0.2, 0.25) is 0 Å². The first kappa shape index (κ1) is 15.4. The molecule has 0 saturated carbocycles. The Labute approximate surface area is 146 Å². The van der Waals surface area contributed by atoms with Crippen LogP contribution in [0.4, 0.5) is 0 Å². The molecule has 0 amide bonds. The number of aromatic nitrogens is 6. The molecule has 3 heterocycles. The first-order valence-corrected chi connectivity index (χ1v) is 8.35. The van der Waals surface area contributed by atoms with Crippen molar-refractivity contribution in [3.8, 4) is 17.1 Å². The van der Waals surface area contributed by atoms with Gasteiger partial charge in [0, 0.05) is 48.5 Å². The third kappa shape index (κ3) is 3.10. The molecule has 0 unspecified atom stereocenters. The van der Waals surface area contributed by atoms with E-state index in [1.807, 2.05) is 48.4 Å². The lowest BCUT2D eigenvalue weighted by Crippen LogP contribution is -2.09. The Bertz CT molecular complexity index is 963. The first-order chi connectivity index (χ1) is 12.2. The molecule has 126 valence electrons. The number of nitrogens with one attached hydrogen (secondary N) is 1. The second-order valence-corrected chi connectivity index (χ2v) is 6.25. The molecule has 0 aliphatic rings. The zero-order chi connectivity index (χ0) is 17.2. The number of hydrogen-bond acceptors (Lipinski definition) is 3. The number of aromatic amines is 1. The van der Waals surface area contributed by atoms with Crippen LogP contribution in [0.25, 0.3) is 17.1 Å². The van der Waals surface area contributed by atoms with Crippen molar-refractivity contribution in [2.45, 2.75) is 26.3 Å². The molecule has 0 saturated heterocycles. The van der Waals surface area contributed by atoms with Gasteiger partial charge in [0.1, 0.15) is 5.82 Å². The van der Waals surface area contributed by atoms with Crippen LogP contribution in [0, 0.1) is 6.92 Å².